The Morgan fingerprint density at radius 3 is 2.71 bits per heavy atom. The molecule has 1 saturated carbocycles. The van der Waals surface area contributed by atoms with Crippen molar-refractivity contribution in [2.75, 3.05) is 0 Å². The monoisotopic (exact) mass is 321 g/mol. The van der Waals surface area contributed by atoms with Gasteiger partial charge in [-0.2, -0.15) is 5.26 Å². The summed E-state index contributed by atoms with van der Waals surface area (Å²) in [6.45, 7) is 8.31. The van der Waals surface area contributed by atoms with Crippen molar-refractivity contribution in [2.24, 2.45) is 11.8 Å². The van der Waals surface area contributed by atoms with Gasteiger partial charge in [-0.25, -0.2) is 4.98 Å². The van der Waals surface area contributed by atoms with Gasteiger partial charge in [0.1, 0.15) is 0 Å². The lowest BCUT2D eigenvalue weighted by molar-refractivity contribution is 0.648. The summed E-state index contributed by atoms with van der Waals surface area (Å²) in [5.74, 6) is 0.686. The highest BCUT2D eigenvalue weighted by molar-refractivity contribution is 5.80. The lowest BCUT2D eigenvalue weighted by Crippen LogP contribution is -1.98. The fourth-order valence-electron chi connectivity index (χ4n) is 3.29. The zero-order valence-corrected chi connectivity index (χ0v) is 15.1. The number of H-pyrrole nitrogens is 1. The summed E-state index contributed by atoms with van der Waals surface area (Å²) >= 11 is 0. The first-order valence-electron chi connectivity index (χ1n) is 8.86. The highest BCUT2D eigenvalue weighted by Crippen LogP contribution is 2.35. The molecule has 1 N–H and O–H groups in total. The number of hydrogen-bond donors (Lipinski definition) is 1. The van der Waals surface area contributed by atoms with Crippen LogP contribution in [0.1, 0.15) is 55.5 Å². The number of nitrogens with one attached hydrogen (secondary N) is 1. The first-order chi connectivity index (χ1) is 11.7. The van der Waals surface area contributed by atoms with Gasteiger partial charge in [0, 0.05) is 11.5 Å². The Morgan fingerprint density at radius 1 is 1.29 bits per heavy atom. The Morgan fingerprint density at radius 2 is 2.08 bits per heavy atom. The van der Waals surface area contributed by atoms with Gasteiger partial charge in [0.15, 0.2) is 0 Å². The van der Waals surface area contributed by atoms with Gasteiger partial charge < -0.3 is 4.98 Å². The summed E-state index contributed by atoms with van der Waals surface area (Å²) in [6.07, 6.45) is 9.03. The highest BCUT2D eigenvalue weighted by atomic mass is 14.9. The number of nitriles is 1. The van der Waals surface area contributed by atoms with Crippen LogP contribution in [0.4, 0.5) is 0 Å². The summed E-state index contributed by atoms with van der Waals surface area (Å²) in [5, 5.41) is 9.11. The molecule has 3 rings (SSSR count). The number of hydrogen-bond acceptors (Lipinski definition) is 2. The van der Waals surface area contributed by atoms with E-state index in [4.69, 9.17) is 5.26 Å². The topological polar surface area (TPSA) is 52.5 Å². The first-order valence-corrected chi connectivity index (χ1v) is 8.86. The Bertz CT molecular complexity index is 720. The van der Waals surface area contributed by atoms with Crippen LogP contribution in [-0.2, 0) is 0 Å². The number of benzene rings is 1. The molecule has 0 saturated heterocycles. The molecule has 24 heavy (non-hydrogen) atoms. The molecule has 0 spiro atoms. The average Bonchev–Trinajstić information content (AvgIpc) is 3.28. The average molecular weight is 321 g/mol. The van der Waals surface area contributed by atoms with Crippen molar-refractivity contribution < 1.29 is 0 Å². The molecular formula is C21H27N3. The summed E-state index contributed by atoms with van der Waals surface area (Å²) in [5.41, 5.74) is 6.11. The van der Waals surface area contributed by atoms with Crippen LogP contribution in [0.15, 0.2) is 36.8 Å². The number of aromatic nitrogens is 2. The Labute approximate surface area is 145 Å². The fraction of sp³-hybridized carbons (Fsp3) is 0.429. The van der Waals surface area contributed by atoms with Gasteiger partial charge in [0.05, 0.1) is 24.3 Å². The van der Waals surface area contributed by atoms with E-state index in [2.05, 4.69) is 54.2 Å². The predicted molar refractivity (Wildman–Crippen MR) is 99.4 cm³/mol. The highest BCUT2D eigenvalue weighted by Gasteiger charge is 2.24. The third kappa shape index (κ3) is 3.94. The van der Waals surface area contributed by atoms with Crippen molar-refractivity contribution in [1.82, 2.24) is 9.97 Å². The van der Waals surface area contributed by atoms with Gasteiger partial charge >= 0.3 is 0 Å². The van der Waals surface area contributed by atoms with Crippen LogP contribution in [-0.4, -0.2) is 9.97 Å². The number of allylic oxidation sites excluding steroid dienone is 1. The minimum Gasteiger partial charge on any atom is -0.345 e. The largest absolute Gasteiger partial charge is 0.345 e. The molecule has 2 unspecified atom stereocenters. The molecule has 1 aromatic heterocycles. The normalized spacial score (nSPS) is 20.2. The molecule has 1 aliphatic rings. The summed E-state index contributed by atoms with van der Waals surface area (Å²) in [7, 11) is 0. The van der Waals surface area contributed by atoms with Gasteiger partial charge in [-0.1, -0.05) is 38.1 Å². The van der Waals surface area contributed by atoms with Crippen molar-refractivity contribution in [3.05, 3.63) is 59.2 Å². The van der Waals surface area contributed by atoms with Crippen LogP contribution < -0.4 is 0 Å². The van der Waals surface area contributed by atoms with E-state index >= 15 is 0 Å². The minimum absolute atomic E-state index is 0.211. The van der Waals surface area contributed by atoms with Crippen LogP contribution >= 0.6 is 0 Å². The van der Waals surface area contributed by atoms with Crippen LogP contribution in [0.25, 0.3) is 5.57 Å². The molecule has 1 aromatic carbocycles. The molecule has 126 valence electrons. The van der Waals surface area contributed by atoms with E-state index in [0.717, 1.165) is 25.0 Å². The van der Waals surface area contributed by atoms with Crippen LogP contribution in [0, 0.1) is 37.0 Å². The third-order valence-corrected chi connectivity index (χ3v) is 4.74. The SMILES string of the molecule is CC.Cc1cccc(/C(=C/C2CCC(C#N)C2)c2cnc[nH]2)c1C. The van der Waals surface area contributed by atoms with Crippen LogP contribution in [0.3, 0.4) is 0 Å². The maximum Gasteiger partial charge on any atom is 0.0924 e. The second-order valence-electron chi connectivity index (χ2n) is 6.19. The second-order valence-corrected chi connectivity index (χ2v) is 6.19. The molecular weight excluding hydrogens is 294 g/mol. The summed E-state index contributed by atoms with van der Waals surface area (Å²) in [6, 6.07) is 8.83. The Kier molecular flexibility index (Phi) is 6.37. The lowest BCUT2D eigenvalue weighted by Gasteiger charge is -2.14. The van der Waals surface area contributed by atoms with Gasteiger partial charge in [0.25, 0.3) is 0 Å². The number of imidazole rings is 1. The maximum atomic E-state index is 9.11. The van der Waals surface area contributed by atoms with Crippen molar-refractivity contribution in [3.8, 4) is 6.07 Å². The molecule has 0 radical (unpaired) electrons. The van der Waals surface area contributed by atoms with Crippen LogP contribution in [0.5, 0.6) is 0 Å². The zero-order valence-electron chi connectivity index (χ0n) is 15.1. The number of nitrogens with zero attached hydrogens (tertiary/aromatic N) is 2. The molecule has 0 amide bonds. The van der Waals surface area contributed by atoms with Gasteiger partial charge in [0.2, 0.25) is 0 Å². The molecule has 3 heteroatoms. The standard InChI is InChI=1S/C19H21N3.C2H6/c1-13-4-3-5-17(14(13)2)18(19-11-21-12-22-19)9-15-6-7-16(8-15)10-20;1-2/h3-5,9,11-12,15-16H,6-8H2,1-2H3,(H,21,22);1-2H3/b18-9-;. The number of aromatic amines is 1. The molecule has 0 aliphatic heterocycles. The van der Waals surface area contributed by atoms with Gasteiger partial charge in [-0.3, -0.25) is 0 Å². The van der Waals surface area contributed by atoms with E-state index in [1.54, 1.807) is 6.33 Å². The molecule has 0 bridgehead atoms. The molecule has 1 aliphatic carbocycles. The quantitative estimate of drug-likeness (QED) is 0.820. The Balaban J connectivity index is 0.00000100. The molecule has 1 heterocycles. The van der Waals surface area contributed by atoms with E-state index in [0.29, 0.717) is 5.92 Å². The molecule has 1 fully saturated rings. The van der Waals surface area contributed by atoms with E-state index in [1.165, 1.54) is 22.3 Å². The maximum absolute atomic E-state index is 9.11. The van der Waals surface area contributed by atoms with E-state index in [9.17, 15) is 0 Å². The third-order valence-electron chi connectivity index (χ3n) is 4.74. The summed E-state index contributed by atoms with van der Waals surface area (Å²) < 4.78 is 0. The predicted octanol–water partition coefficient (Wildman–Crippen LogP) is 5.42. The number of aryl methyl sites for hydroxylation is 1. The van der Waals surface area contributed by atoms with E-state index in [1.807, 2.05) is 20.0 Å². The minimum atomic E-state index is 0.211. The van der Waals surface area contributed by atoms with Gasteiger partial charge in [-0.05, 0) is 55.7 Å². The van der Waals surface area contributed by atoms with Crippen molar-refractivity contribution in [3.63, 3.8) is 0 Å². The lowest BCUT2D eigenvalue weighted by atomic mass is 9.91. The smallest absolute Gasteiger partial charge is 0.0924 e. The first kappa shape index (κ1) is 18.0. The van der Waals surface area contributed by atoms with Crippen molar-refractivity contribution >= 4 is 5.57 Å². The van der Waals surface area contributed by atoms with Crippen molar-refractivity contribution in [2.45, 2.75) is 47.0 Å². The molecule has 2 atom stereocenters. The van der Waals surface area contributed by atoms with Crippen molar-refractivity contribution in [1.29, 1.82) is 5.26 Å². The molecule has 2 aromatic rings. The molecule has 3 nitrogen and oxygen atoms in total. The summed E-state index contributed by atoms with van der Waals surface area (Å²) in [4.78, 5) is 7.41. The zero-order chi connectivity index (χ0) is 17.5. The Hall–Kier alpha value is -2.34. The van der Waals surface area contributed by atoms with E-state index in [-0.39, 0.29) is 5.92 Å². The van der Waals surface area contributed by atoms with E-state index < -0.39 is 0 Å². The fourth-order valence-corrected chi connectivity index (χ4v) is 3.29. The van der Waals surface area contributed by atoms with Crippen LogP contribution in [0.2, 0.25) is 0 Å². The second kappa shape index (κ2) is 8.49. The van der Waals surface area contributed by atoms with Gasteiger partial charge in [-0.15, -0.1) is 0 Å². The number of rotatable bonds is 3.